The number of piperazine rings is 1. The van der Waals surface area contributed by atoms with Gasteiger partial charge in [0.05, 0.1) is 17.3 Å². The lowest BCUT2D eigenvalue weighted by molar-refractivity contribution is 0.249. The molecule has 1 fully saturated rings. The molecule has 0 radical (unpaired) electrons. The maximum Gasteiger partial charge on any atom is 0.168 e. The van der Waals surface area contributed by atoms with Crippen LogP contribution in [0.5, 0.6) is 0 Å². The largest absolute Gasteiger partial charge is 0.353 e. The summed E-state index contributed by atoms with van der Waals surface area (Å²) in [4.78, 5) is 13.9. The Balaban J connectivity index is 1.33. The molecule has 0 saturated carbocycles. The van der Waals surface area contributed by atoms with Crippen LogP contribution >= 0.6 is 11.6 Å². The Hall–Kier alpha value is -2.96. The molecule has 0 aliphatic carbocycles. The molecule has 1 saturated heterocycles. The number of halogens is 1. The van der Waals surface area contributed by atoms with Crippen molar-refractivity contribution in [1.29, 1.82) is 0 Å². The average Bonchev–Trinajstić information content (AvgIpc) is 3.21. The lowest BCUT2D eigenvalue weighted by Crippen LogP contribution is -2.46. The second kappa shape index (κ2) is 7.81. The van der Waals surface area contributed by atoms with Gasteiger partial charge in [0.2, 0.25) is 0 Å². The Morgan fingerprint density at radius 3 is 2.38 bits per heavy atom. The van der Waals surface area contributed by atoms with E-state index in [0.717, 1.165) is 60.3 Å². The minimum absolute atomic E-state index is 0.780. The van der Waals surface area contributed by atoms with Crippen LogP contribution in [0.3, 0.4) is 0 Å². The topological polar surface area (TPSA) is 50.1 Å². The zero-order valence-electron chi connectivity index (χ0n) is 15.9. The smallest absolute Gasteiger partial charge is 0.168 e. The van der Waals surface area contributed by atoms with Gasteiger partial charge in [-0.3, -0.25) is 4.90 Å². The third-order valence-corrected chi connectivity index (χ3v) is 5.59. The molecule has 6 nitrogen and oxygen atoms in total. The molecular weight excluding hydrogens is 384 g/mol. The first-order valence-electron chi connectivity index (χ1n) is 9.74. The second-order valence-electron chi connectivity index (χ2n) is 7.22. The normalized spacial score (nSPS) is 15.1. The molecule has 0 atom stereocenters. The van der Waals surface area contributed by atoms with Crippen molar-refractivity contribution in [2.24, 2.45) is 0 Å². The van der Waals surface area contributed by atoms with E-state index in [9.17, 15) is 0 Å². The highest BCUT2D eigenvalue weighted by molar-refractivity contribution is 6.30. The molecule has 7 heteroatoms. The van der Waals surface area contributed by atoms with Crippen molar-refractivity contribution in [2.75, 3.05) is 31.1 Å². The summed E-state index contributed by atoms with van der Waals surface area (Å²) in [5.74, 6) is 0.961. The minimum atomic E-state index is 0.780. The zero-order valence-corrected chi connectivity index (χ0v) is 16.7. The monoisotopic (exact) mass is 404 g/mol. The second-order valence-corrected chi connectivity index (χ2v) is 7.65. The summed E-state index contributed by atoms with van der Waals surface area (Å²) in [6.07, 6.45) is 3.51. The standard InChI is InChI=1S/C22H21ClN6/c23-18-8-6-17(7-9-18)15-27-10-12-28(13-11-27)21-20-14-26-29(22(20)25-16-24-21)19-4-2-1-3-5-19/h1-9,14,16H,10-13,15H2. The van der Waals surface area contributed by atoms with Gasteiger partial charge >= 0.3 is 0 Å². The van der Waals surface area contributed by atoms with Gasteiger partial charge < -0.3 is 4.90 Å². The third-order valence-electron chi connectivity index (χ3n) is 5.34. The predicted molar refractivity (Wildman–Crippen MR) is 116 cm³/mol. The highest BCUT2D eigenvalue weighted by Gasteiger charge is 2.21. The van der Waals surface area contributed by atoms with Crippen LogP contribution in [0.2, 0.25) is 5.02 Å². The SMILES string of the molecule is Clc1ccc(CN2CCN(c3ncnc4c3cnn4-c3ccccc3)CC2)cc1. The van der Waals surface area contributed by atoms with Crippen molar-refractivity contribution in [1.82, 2.24) is 24.6 Å². The summed E-state index contributed by atoms with van der Waals surface area (Å²) in [7, 11) is 0. The van der Waals surface area contributed by atoms with E-state index in [1.54, 1.807) is 6.33 Å². The number of rotatable bonds is 4. The van der Waals surface area contributed by atoms with Crippen LogP contribution < -0.4 is 4.90 Å². The van der Waals surface area contributed by atoms with Gasteiger partial charge in [-0.15, -0.1) is 0 Å². The zero-order chi connectivity index (χ0) is 19.6. The molecule has 146 valence electrons. The van der Waals surface area contributed by atoms with Gasteiger partial charge in [0, 0.05) is 37.7 Å². The molecule has 1 aliphatic rings. The Morgan fingerprint density at radius 2 is 1.62 bits per heavy atom. The molecule has 0 spiro atoms. The van der Waals surface area contributed by atoms with Crippen molar-refractivity contribution in [3.8, 4) is 5.69 Å². The first-order chi connectivity index (χ1) is 14.3. The summed E-state index contributed by atoms with van der Waals surface area (Å²) in [6.45, 7) is 4.77. The van der Waals surface area contributed by atoms with Gasteiger partial charge in [-0.2, -0.15) is 5.10 Å². The molecular formula is C22H21ClN6. The fraction of sp³-hybridized carbons (Fsp3) is 0.227. The van der Waals surface area contributed by atoms with E-state index in [1.807, 2.05) is 53.3 Å². The summed E-state index contributed by atoms with van der Waals surface area (Å²) in [6, 6.07) is 18.2. The number of aromatic nitrogens is 4. The van der Waals surface area contributed by atoms with Gasteiger partial charge in [0.25, 0.3) is 0 Å². The number of hydrogen-bond donors (Lipinski definition) is 0. The van der Waals surface area contributed by atoms with Crippen LogP contribution in [-0.4, -0.2) is 50.8 Å². The van der Waals surface area contributed by atoms with E-state index in [-0.39, 0.29) is 0 Å². The van der Waals surface area contributed by atoms with Crippen LogP contribution in [-0.2, 0) is 6.54 Å². The molecule has 2 aromatic carbocycles. The van der Waals surface area contributed by atoms with E-state index in [1.165, 1.54) is 5.56 Å². The average molecular weight is 405 g/mol. The fourth-order valence-corrected chi connectivity index (χ4v) is 3.93. The van der Waals surface area contributed by atoms with Gasteiger partial charge in [0.15, 0.2) is 5.65 Å². The number of nitrogens with zero attached hydrogens (tertiary/aromatic N) is 6. The van der Waals surface area contributed by atoms with Gasteiger partial charge in [0.1, 0.15) is 12.1 Å². The molecule has 0 unspecified atom stereocenters. The first-order valence-corrected chi connectivity index (χ1v) is 10.1. The molecule has 5 rings (SSSR count). The Bertz CT molecular complexity index is 1100. The van der Waals surface area contributed by atoms with Gasteiger partial charge in [-0.1, -0.05) is 41.9 Å². The number of fused-ring (bicyclic) bond motifs is 1. The number of para-hydroxylation sites is 1. The molecule has 1 aliphatic heterocycles. The van der Waals surface area contributed by atoms with E-state index in [2.05, 4.69) is 37.0 Å². The number of benzene rings is 2. The lowest BCUT2D eigenvalue weighted by atomic mass is 10.2. The van der Waals surface area contributed by atoms with Crippen molar-refractivity contribution < 1.29 is 0 Å². The highest BCUT2D eigenvalue weighted by atomic mass is 35.5. The van der Waals surface area contributed by atoms with Gasteiger partial charge in [-0.05, 0) is 29.8 Å². The van der Waals surface area contributed by atoms with Crippen molar-refractivity contribution in [3.63, 3.8) is 0 Å². The van der Waals surface area contributed by atoms with Crippen LogP contribution in [0.1, 0.15) is 5.56 Å². The van der Waals surface area contributed by atoms with Crippen LogP contribution in [0.25, 0.3) is 16.7 Å². The van der Waals surface area contributed by atoms with Crippen LogP contribution in [0, 0.1) is 0 Å². The molecule has 3 heterocycles. The summed E-state index contributed by atoms with van der Waals surface area (Å²) in [5.41, 5.74) is 3.13. The third kappa shape index (κ3) is 3.69. The van der Waals surface area contributed by atoms with Crippen LogP contribution in [0.4, 0.5) is 5.82 Å². The molecule has 0 amide bonds. The van der Waals surface area contributed by atoms with E-state index in [0.29, 0.717) is 0 Å². The molecule has 0 N–H and O–H groups in total. The Kier molecular flexibility index (Phi) is 4.87. The van der Waals surface area contributed by atoms with Gasteiger partial charge in [-0.25, -0.2) is 14.6 Å². The predicted octanol–water partition coefficient (Wildman–Crippen LogP) is 3.79. The van der Waals surface area contributed by atoms with Crippen molar-refractivity contribution >= 4 is 28.5 Å². The quantitative estimate of drug-likeness (QED) is 0.518. The maximum absolute atomic E-state index is 5.99. The Labute approximate surface area is 174 Å². The summed E-state index contributed by atoms with van der Waals surface area (Å²) < 4.78 is 1.87. The number of hydrogen-bond acceptors (Lipinski definition) is 5. The Morgan fingerprint density at radius 1 is 0.862 bits per heavy atom. The van der Waals surface area contributed by atoms with Crippen molar-refractivity contribution in [2.45, 2.75) is 6.54 Å². The lowest BCUT2D eigenvalue weighted by Gasteiger charge is -2.35. The minimum Gasteiger partial charge on any atom is -0.353 e. The first kappa shape index (κ1) is 18.1. The molecule has 29 heavy (non-hydrogen) atoms. The summed E-state index contributed by atoms with van der Waals surface area (Å²) >= 11 is 5.99. The molecule has 0 bridgehead atoms. The summed E-state index contributed by atoms with van der Waals surface area (Å²) in [5, 5.41) is 6.33. The van der Waals surface area contributed by atoms with E-state index < -0.39 is 0 Å². The fourth-order valence-electron chi connectivity index (χ4n) is 3.81. The maximum atomic E-state index is 5.99. The van der Waals surface area contributed by atoms with Crippen LogP contribution in [0.15, 0.2) is 67.1 Å². The van der Waals surface area contributed by atoms with E-state index in [4.69, 9.17) is 11.6 Å². The van der Waals surface area contributed by atoms with Crippen molar-refractivity contribution in [3.05, 3.63) is 77.7 Å². The molecule has 2 aromatic heterocycles. The molecule has 4 aromatic rings. The number of anilines is 1. The highest BCUT2D eigenvalue weighted by Crippen LogP contribution is 2.25. The van der Waals surface area contributed by atoms with E-state index >= 15 is 0 Å².